The highest BCUT2D eigenvalue weighted by Crippen LogP contribution is 2.27. The molecule has 0 aliphatic heterocycles. The number of rotatable bonds is 8. The molecule has 0 aliphatic rings. The topological polar surface area (TPSA) is 62.7 Å². The fraction of sp³-hybridized carbons (Fsp3) is 0.533. The summed E-state index contributed by atoms with van der Waals surface area (Å²) in [5.41, 5.74) is 1.14. The maximum atomic E-state index is 4.43. The molecule has 0 aromatic carbocycles. The number of anilines is 2. The van der Waals surface area contributed by atoms with Crippen molar-refractivity contribution in [1.82, 2.24) is 15.0 Å². The van der Waals surface area contributed by atoms with Gasteiger partial charge < -0.3 is 10.6 Å². The van der Waals surface area contributed by atoms with Crippen LogP contribution in [0.3, 0.4) is 0 Å². The molecule has 21 heavy (non-hydrogen) atoms. The summed E-state index contributed by atoms with van der Waals surface area (Å²) in [5.74, 6) is 1.85. The van der Waals surface area contributed by atoms with Crippen molar-refractivity contribution in [3.63, 3.8) is 0 Å². The van der Waals surface area contributed by atoms with Crippen molar-refractivity contribution in [2.24, 2.45) is 0 Å². The summed E-state index contributed by atoms with van der Waals surface area (Å²) in [7, 11) is 0. The van der Waals surface area contributed by atoms with Crippen molar-refractivity contribution < 1.29 is 0 Å². The van der Waals surface area contributed by atoms with Crippen molar-refractivity contribution in [1.29, 1.82) is 0 Å². The van der Waals surface area contributed by atoms with Crippen LogP contribution < -0.4 is 10.6 Å². The first-order valence-corrected chi connectivity index (χ1v) is 8.41. The number of thiazole rings is 1. The van der Waals surface area contributed by atoms with Gasteiger partial charge in [0.05, 0.1) is 6.04 Å². The molecule has 2 rings (SSSR count). The minimum absolute atomic E-state index is 0.198. The molecule has 2 aromatic heterocycles. The van der Waals surface area contributed by atoms with E-state index in [2.05, 4.69) is 46.4 Å². The van der Waals surface area contributed by atoms with Crippen LogP contribution in [0.5, 0.6) is 0 Å². The van der Waals surface area contributed by atoms with Crippen LogP contribution in [0, 0.1) is 0 Å². The van der Waals surface area contributed by atoms with Gasteiger partial charge in [0.25, 0.3) is 0 Å². The van der Waals surface area contributed by atoms with Crippen LogP contribution in [0.1, 0.15) is 50.2 Å². The van der Waals surface area contributed by atoms with Crippen LogP contribution in [0.2, 0.25) is 0 Å². The second-order valence-electron chi connectivity index (χ2n) is 4.81. The van der Waals surface area contributed by atoms with E-state index in [1.807, 2.05) is 11.6 Å². The van der Waals surface area contributed by atoms with E-state index in [9.17, 15) is 0 Å². The minimum atomic E-state index is 0.198. The number of nitrogens with zero attached hydrogens (tertiary/aromatic N) is 3. The summed E-state index contributed by atoms with van der Waals surface area (Å²) in [6.07, 6.45) is 6.40. The molecule has 0 amide bonds. The van der Waals surface area contributed by atoms with Crippen molar-refractivity contribution in [3.8, 4) is 0 Å². The Morgan fingerprint density at radius 1 is 1.14 bits per heavy atom. The summed E-state index contributed by atoms with van der Waals surface area (Å²) < 4.78 is 0. The molecule has 2 aromatic rings. The molecule has 2 N–H and O–H groups in total. The Bertz CT molecular complexity index is 541. The number of hydrogen-bond donors (Lipinski definition) is 2. The molecule has 1 unspecified atom stereocenters. The van der Waals surface area contributed by atoms with Gasteiger partial charge in [-0.2, -0.15) is 0 Å². The SMILES string of the molecule is CCCNc1ncnc(NC(CC)c2nccs2)c1CC. The van der Waals surface area contributed by atoms with E-state index < -0.39 is 0 Å². The standard InChI is InChI=1S/C15H23N5S/c1-4-7-16-13-11(5-2)14(19-10-18-13)20-12(6-3)15-17-8-9-21-15/h8-10,12H,4-7H2,1-3H3,(H2,16,18,19,20). The zero-order valence-electron chi connectivity index (χ0n) is 12.9. The molecule has 2 heterocycles. The van der Waals surface area contributed by atoms with Gasteiger partial charge in [0, 0.05) is 23.7 Å². The van der Waals surface area contributed by atoms with Crippen LogP contribution in [-0.2, 0) is 6.42 Å². The third kappa shape index (κ3) is 3.91. The summed E-state index contributed by atoms with van der Waals surface area (Å²) in [4.78, 5) is 13.2. The second kappa shape index (κ2) is 7.93. The van der Waals surface area contributed by atoms with Gasteiger partial charge in [-0.3, -0.25) is 0 Å². The third-order valence-corrected chi connectivity index (χ3v) is 4.20. The number of nitrogens with one attached hydrogen (secondary N) is 2. The second-order valence-corrected chi connectivity index (χ2v) is 5.73. The zero-order chi connectivity index (χ0) is 15.1. The molecule has 0 fully saturated rings. The minimum Gasteiger partial charge on any atom is -0.370 e. The van der Waals surface area contributed by atoms with Crippen molar-refractivity contribution >= 4 is 23.0 Å². The Balaban J connectivity index is 2.22. The predicted octanol–water partition coefficient (Wildman–Crippen LogP) is 3.88. The normalized spacial score (nSPS) is 12.1. The van der Waals surface area contributed by atoms with Gasteiger partial charge >= 0.3 is 0 Å². The Kier molecular flexibility index (Phi) is 5.92. The maximum Gasteiger partial charge on any atom is 0.135 e. The Morgan fingerprint density at radius 2 is 1.95 bits per heavy atom. The average Bonchev–Trinajstić information content (AvgIpc) is 3.04. The monoisotopic (exact) mass is 305 g/mol. The predicted molar refractivity (Wildman–Crippen MR) is 89.0 cm³/mol. The average molecular weight is 305 g/mol. The molecular weight excluding hydrogens is 282 g/mol. The van der Waals surface area contributed by atoms with E-state index in [0.717, 1.165) is 48.0 Å². The first kappa shape index (κ1) is 15.7. The van der Waals surface area contributed by atoms with Crippen LogP contribution in [0.15, 0.2) is 17.9 Å². The van der Waals surface area contributed by atoms with E-state index in [-0.39, 0.29) is 6.04 Å². The van der Waals surface area contributed by atoms with Gasteiger partial charge in [-0.1, -0.05) is 20.8 Å². The fourth-order valence-electron chi connectivity index (χ4n) is 2.18. The molecule has 0 bridgehead atoms. The molecule has 0 spiro atoms. The lowest BCUT2D eigenvalue weighted by Crippen LogP contribution is -2.14. The van der Waals surface area contributed by atoms with Gasteiger partial charge in [0.1, 0.15) is 23.0 Å². The lowest BCUT2D eigenvalue weighted by molar-refractivity contribution is 0.734. The molecule has 1 atom stereocenters. The first-order chi connectivity index (χ1) is 10.3. The van der Waals surface area contributed by atoms with Gasteiger partial charge in [0.15, 0.2) is 0 Å². The molecular formula is C15H23N5S. The van der Waals surface area contributed by atoms with Gasteiger partial charge in [0.2, 0.25) is 0 Å². The molecule has 0 radical (unpaired) electrons. The highest BCUT2D eigenvalue weighted by atomic mass is 32.1. The van der Waals surface area contributed by atoms with E-state index in [0.29, 0.717) is 0 Å². The highest BCUT2D eigenvalue weighted by Gasteiger charge is 2.16. The fourth-order valence-corrected chi connectivity index (χ4v) is 2.95. The molecule has 0 saturated carbocycles. The lowest BCUT2D eigenvalue weighted by Gasteiger charge is -2.19. The highest BCUT2D eigenvalue weighted by molar-refractivity contribution is 7.09. The van der Waals surface area contributed by atoms with E-state index in [1.54, 1.807) is 17.7 Å². The van der Waals surface area contributed by atoms with E-state index in [4.69, 9.17) is 0 Å². The summed E-state index contributed by atoms with van der Waals surface area (Å²) >= 11 is 1.67. The van der Waals surface area contributed by atoms with E-state index in [1.165, 1.54) is 0 Å². The molecule has 114 valence electrons. The summed E-state index contributed by atoms with van der Waals surface area (Å²) in [5, 5.41) is 10.0. The van der Waals surface area contributed by atoms with Crippen molar-refractivity contribution in [3.05, 3.63) is 28.5 Å². The summed E-state index contributed by atoms with van der Waals surface area (Å²) in [6.45, 7) is 7.36. The van der Waals surface area contributed by atoms with Gasteiger partial charge in [-0.05, 0) is 19.3 Å². The van der Waals surface area contributed by atoms with Gasteiger partial charge in [-0.15, -0.1) is 11.3 Å². The number of hydrogen-bond acceptors (Lipinski definition) is 6. The van der Waals surface area contributed by atoms with Gasteiger partial charge in [-0.25, -0.2) is 15.0 Å². The lowest BCUT2D eigenvalue weighted by atomic mass is 10.1. The third-order valence-electron chi connectivity index (χ3n) is 3.31. The van der Waals surface area contributed by atoms with E-state index >= 15 is 0 Å². The quantitative estimate of drug-likeness (QED) is 0.775. The molecule has 6 heteroatoms. The van der Waals surface area contributed by atoms with Crippen molar-refractivity contribution in [2.75, 3.05) is 17.2 Å². The largest absolute Gasteiger partial charge is 0.370 e. The van der Waals surface area contributed by atoms with Crippen molar-refractivity contribution in [2.45, 2.75) is 46.1 Å². The maximum absolute atomic E-state index is 4.43. The Morgan fingerprint density at radius 3 is 2.57 bits per heavy atom. The van der Waals surface area contributed by atoms with Crippen LogP contribution >= 0.6 is 11.3 Å². The van der Waals surface area contributed by atoms with Crippen LogP contribution in [-0.4, -0.2) is 21.5 Å². The zero-order valence-corrected chi connectivity index (χ0v) is 13.7. The Hall–Kier alpha value is -1.69. The number of aromatic nitrogens is 3. The molecule has 0 aliphatic carbocycles. The van der Waals surface area contributed by atoms with Crippen LogP contribution in [0.4, 0.5) is 11.6 Å². The smallest absolute Gasteiger partial charge is 0.135 e. The summed E-state index contributed by atoms with van der Waals surface area (Å²) in [6, 6.07) is 0.198. The molecule has 0 saturated heterocycles. The molecule has 5 nitrogen and oxygen atoms in total. The Labute approximate surface area is 130 Å². The van der Waals surface area contributed by atoms with Crippen LogP contribution in [0.25, 0.3) is 0 Å². The first-order valence-electron chi connectivity index (χ1n) is 7.53.